The molecule has 3 heteroatoms. The average Bonchev–Trinajstić information content (AvgIpc) is 2.78. The molecule has 0 saturated carbocycles. The molecule has 92 valence electrons. The molecule has 0 radical (unpaired) electrons. The highest BCUT2D eigenvalue weighted by atomic mass is 16.5. The molecule has 1 aromatic carbocycles. The van der Waals surface area contributed by atoms with E-state index in [4.69, 9.17) is 4.74 Å². The maximum absolute atomic E-state index is 12.4. The fourth-order valence-corrected chi connectivity index (χ4v) is 2.23. The monoisotopic (exact) mass is 233 g/mol. The van der Waals surface area contributed by atoms with Crippen molar-refractivity contribution in [2.75, 3.05) is 19.7 Å². The summed E-state index contributed by atoms with van der Waals surface area (Å²) in [6.07, 6.45) is 0.916. The molecule has 1 saturated heterocycles. The molecule has 17 heavy (non-hydrogen) atoms. The Morgan fingerprint density at radius 2 is 2.12 bits per heavy atom. The highest BCUT2D eigenvalue weighted by Gasteiger charge is 2.36. The van der Waals surface area contributed by atoms with Crippen molar-refractivity contribution < 1.29 is 9.53 Å². The summed E-state index contributed by atoms with van der Waals surface area (Å²) in [4.78, 5) is 12.4. The lowest BCUT2D eigenvalue weighted by molar-refractivity contribution is 0.0839. The van der Waals surface area contributed by atoms with Gasteiger partial charge < -0.3 is 10.1 Å². The number of hydrogen-bond acceptors (Lipinski definition) is 3. The van der Waals surface area contributed by atoms with E-state index in [9.17, 15) is 4.79 Å². The Morgan fingerprint density at radius 3 is 2.65 bits per heavy atom. The van der Waals surface area contributed by atoms with Gasteiger partial charge in [0, 0.05) is 17.5 Å². The lowest BCUT2D eigenvalue weighted by atomic mass is 9.81. The number of nitrogens with one attached hydrogen (secondary N) is 1. The van der Waals surface area contributed by atoms with Crippen LogP contribution in [-0.4, -0.2) is 25.5 Å². The first kappa shape index (κ1) is 12.1. The maximum atomic E-state index is 12.4. The number of ether oxygens (including phenoxy) is 1. The van der Waals surface area contributed by atoms with Gasteiger partial charge in [0.2, 0.25) is 0 Å². The van der Waals surface area contributed by atoms with Crippen molar-refractivity contribution in [2.24, 2.45) is 5.41 Å². The van der Waals surface area contributed by atoms with Crippen molar-refractivity contribution in [1.82, 2.24) is 5.32 Å². The number of Topliss-reactive ketones (excluding diaryl/α,β-unsaturated/α-hetero) is 1. The molecule has 0 amide bonds. The summed E-state index contributed by atoms with van der Waals surface area (Å²) in [5, 5.41) is 3.25. The van der Waals surface area contributed by atoms with Crippen LogP contribution in [0.3, 0.4) is 0 Å². The summed E-state index contributed by atoms with van der Waals surface area (Å²) in [6, 6.07) is 7.44. The molecule has 1 atom stereocenters. The third-order valence-corrected chi connectivity index (χ3v) is 3.34. The largest absolute Gasteiger partial charge is 0.494 e. The highest BCUT2D eigenvalue weighted by molar-refractivity contribution is 6.00. The molecule has 3 nitrogen and oxygen atoms in total. The van der Waals surface area contributed by atoms with Gasteiger partial charge in [-0.15, -0.1) is 0 Å². The van der Waals surface area contributed by atoms with Gasteiger partial charge in [-0.25, -0.2) is 0 Å². The third kappa shape index (κ3) is 2.50. The lowest BCUT2D eigenvalue weighted by Gasteiger charge is -2.20. The highest BCUT2D eigenvalue weighted by Crippen LogP contribution is 2.29. The van der Waals surface area contributed by atoms with E-state index in [0.717, 1.165) is 30.8 Å². The second-order valence-electron chi connectivity index (χ2n) is 4.77. The van der Waals surface area contributed by atoms with Crippen molar-refractivity contribution in [3.8, 4) is 5.75 Å². The molecule has 0 aromatic heterocycles. The fraction of sp³-hybridized carbons (Fsp3) is 0.500. The molecule has 1 fully saturated rings. The first-order valence-corrected chi connectivity index (χ1v) is 6.14. The summed E-state index contributed by atoms with van der Waals surface area (Å²) in [5.74, 6) is 1.05. The van der Waals surface area contributed by atoms with Crippen molar-refractivity contribution in [1.29, 1.82) is 0 Å². The number of carbonyl (C=O) groups excluding carboxylic acids is 1. The van der Waals surface area contributed by atoms with Gasteiger partial charge in [0.05, 0.1) is 6.61 Å². The Morgan fingerprint density at radius 1 is 1.41 bits per heavy atom. The first-order valence-electron chi connectivity index (χ1n) is 6.14. The SMILES string of the molecule is CCOc1ccc(C(=O)C2(C)CCNC2)cc1. The number of ketones is 1. The number of carbonyl (C=O) groups is 1. The molecule has 0 spiro atoms. The minimum absolute atomic E-state index is 0.227. The number of hydrogen-bond donors (Lipinski definition) is 1. The smallest absolute Gasteiger partial charge is 0.170 e. The zero-order chi connectivity index (χ0) is 12.3. The summed E-state index contributed by atoms with van der Waals surface area (Å²) < 4.78 is 5.37. The third-order valence-electron chi connectivity index (χ3n) is 3.34. The van der Waals surface area contributed by atoms with Crippen LogP contribution in [0.25, 0.3) is 0 Å². The van der Waals surface area contributed by atoms with Crippen LogP contribution in [0.15, 0.2) is 24.3 Å². The molecule has 0 aliphatic carbocycles. The predicted molar refractivity (Wildman–Crippen MR) is 67.5 cm³/mol. The van der Waals surface area contributed by atoms with Crippen LogP contribution in [0.5, 0.6) is 5.75 Å². The average molecular weight is 233 g/mol. The Balaban J connectivity index is 2.14. The molecular formula is C14H19NO2. The van der Waals surface area contributed by atoms with Crippen LogP contribution in [0.4, 0.5) is 0 Å². The molecule has 1 unspecified atom stereocenters. The zero-order valence-electron chi connectivity index (χ0n) is 10.5. The van der Waals surface area contributed by atoms with E-state index in [0.29, 0.717) is 6.61 Å². The molecule has 1 N–H and O–H groups in total. The molecule has 0 bridgehead atoms. The van der Waals surface area contributed by atoms with Crippen molar-refractivity contribution >= 4 is 5.78 Å². The van der Waals surface area contributed by atoms with Crippen LogP contribution in [0.1, 0.15) is 30.6 Å². The lowest BCUT2D eigenvalue weighted by Crippen LogP contribution is -2.30. The molecule has 2 rings (SSSR count). The summed E-state index contributed by atoms with van der Waals surface area (Å²) >= 11 is 0. The second-order valence-corrected chi connectivity index (χ2v) is 4.77. The van der Waals surface area contributed by atoms with E-state index in [2.05, 4.69) is 5.32 Å². The van der Waals surface area contributed by atoms with Gasteiger partial charge in [-0.2, -0.15) is 0 Å². The van der Waals surface area contributed by atoms with Crippen molar-refractivity contribution in [3.05, 3.63) is 29.8 Å². The van der Waals surface area contributed by atoms with Gasteiger partial charge >= 0.3 is 0 Å². The van der Waals surface area contributed by atoms with Crippen LogP contribution in [0.2, 0.25) is 0 Å². The molecule has 1 heterocycles. The quantitative estimate of drug-likeness (QED) is 0.811. The first-order chi connectivity index (χ1) is 8.15. The standard InChI is InChI=1S/C14H19NO2/c1-3-17-12-6-4-11(5-7-12)13(16)14(2)8-9-15-10-14/h4-7,15H,3,8-10H2,1-2H3. The van der Waals surface area contributed by atoms with Crippen LogP contribution >= 0.6 is 0 Å². The minimum Gasteiger partial charge on any atom is -0.494 e. The van der Waals surface area contributed by atoms with Gasteiger partial charge in [-0.05, 0) is 44.2 Å². The second kappa shape index (κ2) is 4.88. The van der Waals surface area contributed by atoms with E-state index in [1.807, 2.05) is 38.1 Å². The molecule has 1 aromatic rings. The van der Waals surface area contributed by atoms with Crippen LogP contribution < -0.4 is 10.1 Å². The summed E-state index contributed by atoms with van der Waals surface area (Å²) in [7, 11) is 0. The molecule has 1 aliphatic rings. The van der Waals surface area contributed by atoms with Gasteiger partial charge in [-0.3, -0.25) is 4.79 Å². The Hall–Kier alpha value is -1.35. The van der Waals surface area contributed by atoms with E-state index in [1.165, 1.54) is 0 Å². The Labute approximate surface area is 102 Å². The fourth-order valence-electron chi connectivity index (χ4n) is 2.23. The van der Waals surface area contributed by atoms with E-state index in [-0.39, 0.29) is 11.2 Å². The van der Waals surface area contributed by atoms with Crippen molar-refractivity contribution in [3.63, 3.8) is 0 Å². The van der Waals surface area contributed by atoms with Crippen LogP contribution in [-0.2, 0) is 0 Å². The number of rotatable bonds is 4. The van der Waals surface area contributed by atoms with E-state index in [1.54, 1.807) is 0 Å². The maximum Gasteiger partial charge on any atom is 0.170 e. The number of benzene rings is 1. The Kier molecular flexibility index (Phi) is 3.48. The van der Waals surface area contributed by atoms with Gasteiger partial charge in [0.25, 0.3) is 0 Å². The van der Waals surface area contributed by atoms with Gasteiger partial charge in [-0.1, -0.05) is 6.92 Å². The summed E-state index contributed by atoms with van der Waals surface area (Å²) in [5.41, 5.74) is 0.535. The predicted octanol–water partition coefficient (Wildman–Crippen LogP) is 2.27. The zero-order valence-corrected chi connectivity index (χ0v) is 10.5. The topological polar surface area (TPSA) is 38.3 Å². The van der Waals surface area contributed by atoms with Gasteiger partial charge in [0.15, 0.2) is 5.78 Å². The van der Waals surface area contributed by atoms with E-state index < -0.39 is 0 Å². The normalized spacial score (nSPS) is 23.6. The van der Waals surface area contributed by atoms with Gasteiger partial charge in [0.1, 0.15) is 5.75 Å². The summed E-state index contributed by atoms with van der Waals surface area (Å²) in [6.45, 7) is 6.34. The molecule has 1 aliphatic heterocycles. The minimum atomic E-state index is -0.243. The Bertz CT molecular complexity index is 391. The van der Waals surface area contributed by atoms with Crippen molar-refractivity contribution in [2.45, 2.75) is 20.3 Å². The molecular weight excluding hydrogens is 214 g/mol. The van der Waals surface area contributed by atoms with E-state index >= 15 is 0 Å². The van der Waals surface area contributed by atoms with Crippen LogP contribution in [0, 0.1) is 5.41 Å².